The van der Waals surface area contributed by atoms with Gasteiger partial charge in [-0.15, -0.1) is 0 Å². The number of nitrogens with one attached hydrogen (secondary N) is 1. The van der Waals surface area contributed by atoms with E-state index < -0.39 is 18.5 Å². The third-order valence-electron chi connectivity index (χ3n) is 3.78. The van der Waals surface area contributed by atoms with E-state index in [4.69, 9.17) is 16.3 Å². The van der Waals surface area contributed by atoms with E-state index in [1.54, 1.807) is 6.07 Å². The Morgan fingerprint density at radius 2 is 1.93 bits per heavy atom. The number of aryl methyl sites for hydroxylation is 1. The van der Waals surface area contributed by atoms with Crippen molar-refractivity contribution < 1.29 is 19.1 Å². The van der Waals surface area contributed by atoms with E-state index in [2.05, 4.69) is 10.3 Å². The van der Waals surface area contributed by atoms with Crippen molar-refractivity contribution in [2.75, 3.05) is 25.5 Å². The smallest absolute Gasteiger partial charge is 0.341 e. The zero-order chi connectivity index (χ0) is 19.8. The van der Waals surface area contributed by atoms with Crippen molar-refractivity contribution in [2.24, 2.45) is 0 Å². The molecule has 7 nitrogen and oxygen atoms in total. The quantitative estimate of drug-likeness (QED) is 0.580. The van der Waals surface area contributed by atoms with Gasteiger partial charge in [0.05, 0.1) is 12.1 Å². The van der Waals surface area contributed by atoms with Crippen LogP contribution in [0.25, 0.3) is 0 Å². The predicted molar refractivity (Wildman–Crippen MR) is 102 cm³/mol. The molecule has 2 amide bonds. The molecule has 27 heavy (non-hydrogen) atoms. The summed E-state index contributed by atoms with van der Waals surface area (Å²) in [5.41, 5.74) is 1.79. The minimum Gasteiger partial charge on any atom is -0.452 e. The summed E-state index contributed by atoms with van der Waals surface area (Å²) in [6.07, 6.45) is 2.21. The number of likely N-dealkylation sites (N-methyl/N-ethyl adjacent to an activating group) is 1. The molecular weight excluding hydrogens is 370 g/mol. The van der Waals surface area contributed by atoms with Gasteiger partial charge in [0.2, 0.25) is 5.91 Å². The van der Waals surface area contributed by atoms with E-state index in [1.807, 2.05) is 25.1 Å². The number of carbonyl (C=O) groups is 3. The van der Waals surface area contributed by atoms with Gasteiger partial charge >= 0.3 is 5.97 Å². The minimum absolute atomic E-state index is 0.00253. The van der Waals surface area contributed by atoms with Crippen molar-refractivity contribution in [2.45, 2.75) is 13.3 Å². The van der Waals surface area contributed by atoms with Crippen molar-refractivity contribution in [3.63, 3.8) is 0 Å². The molecule has 0 atom stereocenters. The zero-order valence-corrected chi connectivity index (χ0v) is 15.8. The van der Waals surface area contributed by atoms with Gasteiger partial charge in [-0.3, -0.25) is 9.59 Å². The van der Waals surface area contributed by atoms with Crippen LogP contribution in [0.15, 0.2) is 42.6 Å². The lowest BCUT2D eigenvalue weighted by atomic mass is 10.1. The molecule has 0 radical (unpaired) electrons. The Morgan fingerprint density at radius 3 is 2.63 bits per heavy atom. The summed E-state index contributed by atoms with van der Waals surface area (Å²) >= 11 is 5.81. The fourth-order valence-corrected chi connectivity index (χ4v) is 2.49. The van der Waals surface area contributed by atoms with Gasteiger partial charge in [0, 0.05) is 18.9 Å². The Bertz CT molecular complexity index is 841. The molecule has 0 saturated carbocycles. The maximum atomic E-state index is 12.2. The van der Waals surface area contributed by atoms with Crippen LogP contribution in [0.3, 0.4) is 0 Å². The third kappa shape index (κ3) is 5.79. The minimum atomic E-state index is -0.754. The van der Waals surface area contributed by atoms with E-state index >= 15 is 0 Å². The van der Waals surface area contributed by atoms with Crippen LogP contribution in [0.5, 0.6) is 0 Å². The Morgan fingerprint density at radius 1 is 1.19 bits per heavy atom. The lowest BCUT2D eigenvalue weighted by Crippen LogP contribution is -2.37. The number of amides is 2. The molecule has 1 aromatic carbocycles. The van der Waals surface area contributed by atoms with E-state index in [1.165, 1.54) is 30.3 Å². The van der Waals surface area contributed by atoms with E-state index in [0.717, 1.165) is 12.0 Å². The van der Waals surface area contributed by atoms with E-state index in [9.17, 15) is 14.4 Å². The first-order chi connectivity index (χ1) is 12.9. The summed E-state index contributed by atoms with van der Waals surface area (Å²) in [4.78, 5) is 41.1. The molecule has 0 aliphatic heterocycles. The summed E-state index contributed by atoms with van der Waals surface area (Å²) in [6, 6.07) is 10.4. The maximum Gasteiger partial charge on any atom is 0.341 e. The number of ether oxygens (including phenoxy) is 1. The van der Waals surface area contributed by atoms with Gasteiger partial charge in [0.25, 0.3) is 5.91 Å². The average Bonchev–Trinajstić information content (AvgIpc) is 2.66. The first-order valence-corrected chi connectivity index (χ1v) is 8.69. The molecule has 0 saturated heterocycles. The summed E-state index contributed by atoms with van der Waals surface area (Å²) in [6.45, 7) is 1.32. The van der Waals surface area contributed by atoms with E-state index in [-0.39, 0.29) is 23.2 Å². The number of rotatable bonds is 7. The summed E-state index contributed by atoms with van der Waals surface area (Å²) < 4.78 is 4.94. The molecule has 1 N–H and O–H groups in total. The highest BCUT2D eigenvalue weighted by atomic mass is 35.5. The predicted octanol–water partition coefficient (Wildman–Crippen LogP) is 2.55. The summed E-state index contributed by atoms with van der Waals surface area (Å²) in [5.74, 6) is -1.60. The number of nitrogens with zero attached hydrogens (tertiary/aromatic N) is 2. The number of esters is 1. The van der Waals surface area contributed by atoms with Gasteiger partial charge in [0.1, 0.15) is 5.15 Å². The monoisotopic (exact) mass is 389 g/mol. The third-order valence-corrected chi connectivity index (χ3v) is 4.09. The molecule has 0 spiro atoms. The SMILES string of the molecule is CCc1ccccc1NC(=O)CN(C)C(=O)COC(=O)c1cccnc1Cl. The topological polar surface area (TPSA) is 88.6 Å². The van der Waals surface area contributed by atoms with Crippen LogP contribution < -0.4 is 5.32 Å². The number of hydrogen-bond donors (Lipinski definition) is 1. The molecule has 2 aromatic rings. The van der Waals surface area contributed by atoms with Gasteiger partial charge in [-0.25, -0.2) is 9.78 Å². The van der Waals surface area contributed by atoms with Crippen molar-refractivity contribution in [1.29, 1.82) is 0 Å². The molecule has 142 valence electrons. The molecular formula is C19H20ClN3O4. The summed E-state index contributed by atoms with van der Waals surface area (Å²) in [5, 5.41) is 2.78. The highest BCUT2D eigenvalue weighted by Crippen LogP contribution is 2.15. The highest BCUT2D eigenvalue weighted by Gasteiger charge is 2.18. The second-order valence-electron chi connectivity index (χ2n) is 5.73. The Balaban J connectivity index is 1.85. The lowest BCUT2D eigenvalue weighted by Gasteiger charge is -2.17. The number of anilines is 1. The van der Waals surface area contributed by atoms with Crippen LogP contribution in [-0.2, 0) is 20.7 Å². The number of para-hydroxylation sites is 1. The van der Waals surface area contributed by atoms with Crippen LogP contribution in [-0.4, -0.2) is 47.9 Å². The molecule has 1 aromatic heterocycles. The molecule has 2 rings (SSSR count). The summed E-state index contributed by atoms with van der Waals surface area (Å²) in [7, 11) is 1.46. The van der Waals surface area contributed by atoms with Gasteiger partial charge in [-0.2, -0.15) is 0 Å². The van der Waals surface area contributed by atoms with Gasteiger partial charge in [0.15, 0.2) is 6.61 Å². The molecule has 0 aliphatic rings. The fraction of sp³-hybridized carbons (Fsp3) is 0.263. The average molecular weight is 390 g/mol. The molecule has 0 bridgehead atoms. The number of aromatic nitrogens is 1. The van der Waals surface area contributed by atoms with Crippen molar-refractivity contribution in [3.05, 3.63) is 58.9 Å². The zero-order valence-electron chi connectivity index (χ0n) is 15.1. The van der Waals surface area contributed by atoms with Gasteiger partial charge in [-0.05, 0) is 30.2 Å². The van der Waals surface area contributed by atoms with Crippen molar-refractivity contribution >= 4 is 35.1 Å². The Kier molecular flexibility index (Phi) is 7.31. The van der Waals surface area contributed by atoms with E-state index in [0.29, 0.717) is 5.69 Å². The van der Waals surface area contributed by atoms with Gasteiger partial charge in [-0.1, -0.05) is 36.7 Å². The molecule has 8 heteroatoms. The fourth-order valence-electron chi connectivity index (χ4n) is 2.30. The number of pyridine rings is 1. The van der Waals surface area contributed by atoms with Crippen LogP contribution in [0.2, 0.25) is 5.15 Å². The largest absolute Gasteiger partial charge is 0.452 e. The Labute approximate surface area is 162 Å². The second-order valence-corrected chi connectivity index (χ2v) is 6.08. The van der Waals surface area contributed by atoms with Crippen LogP contribution in [0, 0.1) is 0 Å². The normalized spacial score (nSPS) is 10.2. The van der Waals surface area contributed by atoms with Crippen LogP contribution >= 0.6 is 11.6 Å². The molecule has 0 unspecified atom stereocenters. The van der Waals surface area contributed by atoms with Crippen LogP contribution in [0.4, 0.5) is 5.69 Å². The second kappa shape index (κ2) is 9.68. The maximum absolute atomic E-state index is 12.2. The lowest BCUT2D eigenvalue weighted by molar-refractivity contribution is -0.136. The molecule has 0 aliphatic carbocycles. The highest BCUT2D eigenvalue weighted by molar-refractivity contribution is 6.32. The Hall–Kier alpha value is -2.93. The number of carbonyl (C=O) groups excluding carboxylic acids is 3. The molecule has 0 fully saturated rings. The number of hydrogen-bond acceptors (Lipinski definition) is 5. The number of benzene rings is 1. The first-order valence-electron chi connectivity index (χ1n) is 8.31. The number of halogens is 1. The van der Waals surface area contributed by atoms with Crippen molar-refractivity contribution in [1.82, 2.24) is 9.88 Å². The first kappa shape index (κ1) is 20.4. The molecule has 1 heterocycles. The van der Waals surface area contributed by atoms with Gasteiger partial charge < -0.3 is 15.0 Å². The standard InChI is InChI=1S/C19H20ClN3O4/c1-3-13-7-4-5-9-15(13)22-16(24)11-23(2)17(25)12-27-19(26)14-8-6-10-21-18(14)20/h4-10H,3,11-12H2,1-2H3,(H,22,24). The van der Waals surface area contributed by atoms with Crippen molar-refractivity contribution in [3.8, 4) is 0 Å². The van der Waals surface area contributed by atoms with Crippen LogP contribution in [0.1, 0.15) is 22.8 Å².